The third-order valence-electron chi connectivity index (χ3n) is 22.8. The van der Waals surface area contributed by atoms with E-state index in [4.69, 9.17) is 29.9 Å². The zero-order valence-corrected chi connectivity index (χ0v) is 57.3. The molecule has 4 heterocycles. The molecule has 0 saturated heterocycles. The lowest BCUT2D eigenvalue weighted by Gasteiger charge is -2.61. The van der Waals surface area contributed by atoms with Gasteiger partial charge >= 0.3 is 0 Å². The van der Waals surface area contributed by atoms with Gasteiger partial charge in [-0.05, 0) is 158 Å². The lowest BCUT2D eigenvalue weighted by atomic mass is 9.43. The number of nitrogens with zero attached hydrogens (tertiary/aromatic N) is 6. The van der Waals surface area contributed by atoms with Crippen molar-refractivity contribution >= 4 is 63.0 Å². The molecule has 4 saturated carbocycles. The molecule has 4 fully saturated rings. The van der Waals surface area contributed by atoms with E-state index >= 15 is 0 Å². The van der Waals surface area contributed by atoms with Crippen molar-refractivity contribution in [3.05, 3.63) is 314 Å². The van der Waals surface area contributed by atoms with Crippen LogP contribution in [0.25, 0.3) is 175 Å². The van der Waals surface area contributed by atoms with Crippen molar-refractivity contribution < 1.29 is 0 Å². The number of thiophene rings is 2. The number of fused-ring (bicyclic) bond motifs is 9. The monoisotopic (exact) mass is 1340 g/mol. The number of benzene rings is 13. The first kappa shape index (κ1) is 59.2. The van der Waals surface area contributed by atoms with E-state index in [0.29, 0.717) is 46.8 Å². The summed E-state index contributed by atoms with van der Waals surface area (Å²) in [4.78, 5) is 31.8. The summed E-state index contributed by atoms with van der Waals surface area (Å²) in [5.41, 5.74) is 23.6. The molecular formula is C94H64N6S2. The van der Waals surface area contributed by atoms with Gasteiger partial charge in [0, 0.05) is 84.7 Å². The van der Waals surface area contributed by atoms with Crippen molar-refractivity contribution in [2.75, 3.05) is 0 Å². The molecule has 13 aromatic carbocycles. The highest BCUT2D eigenvalue weighted by molar-refractivity contribution is 7.27. The van der Waals surface area contributed by atoms with Crippen molar-refractivity contribution in [3.63, 3.8) is 0 Å². The van der Waals surface area contributed by atoms with E-state index in [-0.39, 0.29) is 5.41 Å². The summed E-state index contributed by atoms with van der Waals surface area (Å²) < 4.78 is 4.83. The molecule has 0 aliphatic heterocycles. The van der Waals surface area contributed by atoms with Crippen molar-refractivity contribution in [2.24, 2.45) is 23.7 Å². The van der Waals surface area contributed by atoms with Crippen LogP contribution >= 0.6 is 22.7 Å². The van der Waals surface area contributed by atoms with Gasteiger partial charge in [-0.1, -0.05) is 273 Å². The van der Waals surface area contributed by atoms with Gasteiger partial charge in [-0.3, -0.25) is 0 Å². The molecule has 22 rings (SSSR count). The summed E-state index contributed by atoms with van der Waals surface area (Å²) in [5, 5.41) is 4.85. The molecule has 0 atom stereocenters. The first-order valence-corrected chi connectivity index (χ1v) is 37.4. The van der Waals surface area contributed by atoms with Crippen LogP contribution in [0.3, 0.4) is 0 Å². The SMILES string of the molecule is c1ccc(-c2cccc(-c3nc(-c4ccccc4)nc(-c4cccc5c4sc4c(-c6cccc(-c7cccc8c7-c7c(-c9cccc%10c9sc9c(-c%11nc(-c%12ccccc%12)nc(-c%12cccc(-c%13ccccc%13)c%12)n%11)cccc9%10)cccc7C87C8CC9CC(C8)CC7C9)c6)cccc45)n3)c2)cc1. The van der Waals surface area contributed by atoms with Gasteiger partial charge in [-0.2, -0.15) is 0 Å². The Bertz CT molecular complexity index is 6190. The van der Waals surface area contributed by atoms with Crippen molar-refractivity contribution in [1.82, 2.24) is 29.9 Å². The van der Waals surface area contributed by atoms with Crippen LogP contribution in [0.5, 0.6) is 0 Å². The lowest BCUT2D eigenvalue weighted by molar-refractivity contribution is -0.0399. The van der Waals surface area contributed by atoms with Gasteiger partial charge in [0.2, 0.25) is 0 Å². The molecule has 17 aromatic rings. The predicted octanol–water partition coefficient (Wildman–Crippen LogP) is 24.9. The van der Waals surface area contributed by atoms with Crippen molar-refractivity contribution in [1.29, 1.82) is 0 Å². The van der Waals surface area contributed by atoms with Crippen LogP contribution in [0.4, 0.5) is 0 Å². The highest BCUT2D eigenvalue weighted by Gasteiger charge is 2.62. The second-order valence-electron chi connectivity index (χ2n) is 28.4. The maximum atomic E-state index is 5.41. The Labute approximate surface area is 599 Å². The first-order chi connectivity index (χ1) is 50.5. The van der Waals surface area contributed by atoms with Crippen molar-refractivity contribution in [2.45, 2.75) is 37.5 Å². The molecule has 102 heavy (non-hydrogen) atoms. The first-order valence-electron chi connectivity index (χ1n) is 35.7. The summed E-state index contributed by atoms with van der Waals surface area (Å²) in [5.74, 6) is 6.71. The van der Waals surface area contributed by atoms with Crippen LogP contribution in [-0.2, 0) is 5.41 Å². The maximum Gasteiger partial charge on any atom is 0.165 e. The standard InChI is InChI=1S/C94H64N6S2/c1-5-22-58(23-6-1)62-30-13-34-66(53-62)90-95-88(60-26-9-3-10-27-60)97-92(99-90)78-44-18-42-76-74-40-16-37-71(84(74)101-86(76)78)65-33-15-32-64(55-65)70-36-20-46-80-82(70)83-72(38-21-47-81(83)94(80)68-49-56-48-57(51-68)52-69(94)50-56)73-39-17-41-75-77-43-19-45-79(87(77)102-85(73)75)93-98-89(61-28-11-4-12-29-61)96-91(100-93)67-35-14-31-63(54-67)59-24-7-2-8-25-59/h1-47,53-57,68-69H,48-52H2. The average molecular weight is 1340 g/mol. The average Bonchev–Trinajstić information content (AvgIpc) is 1.49. The van der Waals surface area contributed by atoms with E-state index in [9.17, 15) is 0 Å². The molecule has 5 aliphatic rings. The van der Waals surface area contributed by atoms with E-state index in [1.54, 1.807) is 11.1 Å². The lowest BCUT2D eigenvalue weighted by Crippen LogP contribution is -2.55. The largest absolute Gasteiger partial charge is 0.208 e. The highest BCUT2D eigenvalue weighted by atomic mass is 32.1. The number of aromatic nitrogens is 6. The van der Waals surface area contributed by atoms with Crippen LogP contribution in [0.2, 0.25) is 0 Å². The van der Waals surface area contributed by atoms with Crippen LogP contribution < -0.4 is 0 Å². The molecule has 0 amide bonds. The topological polar surface area (TPSA) is 77.3 Å². The van der Waals surface area contributed by atoms with E-state index in [0.717, 1.165) is 72.2 Å². The third-order valence-corrected chi connectivity index (χ3v) is 25.4. The van der Waals surface area contributed by atoms with Crippen molar-refractivity contribution in [3.8, 4) is 135 Å². The zero-order valence-electron chi connectivity index (χ0n) is 55.7. The molecule has 4 bridgehead atoms. The van der Waals surface area contributed by atoms with Gasteiger partial charge in [0.1, 0.15) is 0 Å². The molecule has 5 aliphatic carbocycles. The van der Waals surface area contributed by atoms with Gasteiger partial charge in [0.25, 0.3) is 0 Å². The summed E-state index contributed by atoms with van der Waals surface area (Å²) in [6.45, 7) is 0. The summed E-state index contributed by atoms with van der Waals surface area (Å²) >= 11 is 3.71. The maximum absolute atomic E-state index is 5.41. The van der Waals surface area contributed by atoms with Crippen LogP contribution in [-0.4, -0.2) is 29.9 Å². The second-order valence-corrected chi connectivity index (χ2v) is 30.4. The Balaban J connectivity index is 0.708. The van der Waals surface area contributed by atoms with E-state index < -0.39 is 0 Å². The Morgan fingerprint density at radius 2 is 0.529 bits per heavy atom. The normalized spacial score (nSPS) is 17.8. The minimum absolute atomic E-state index is 0.0653. The quantitative estimate of drug-likeness (QED) is 0.128. The predicted molar refractivity (Wildman–Crippen MR) is 422 cm³/mol. The zero-order chi connectivity index (χ0) is 67.0. The molecule has 0 unspecified atom stereocenters. The fourth-order valence-corrected chi connectivity index (χ4v) is 21.3. The van der Waals surface area contributed by atoms with Gasteiger partial charge in [-0.15, -0.1) is 22.7 Å². The fraction of sp³-hybridized carbons (Fsp3) is 0.106. The van der Waals surface area contributed by atoms with E-state index in [1.807, 2.05) is 46.9 Å². The van der Waals surface area contributed by atoms with Gasteiger partial charge < -0.3 is 0 Å². The molecule has 482 valence electrons. The van der Waals surface area contributed by atoms with Crippen LogP contribution in [0.1, 0.15) is 43.2 Å². The van der Waals surface area contributed by atoms with Gasteiger partial charge in [0.15, 0.2) is 34.9 Å². The van der Waals surface area contributed by atoms with E-state index in [1.165, 1.54) is 112 Å². The molecular weight excluding hydrogens is 1280 g/mol. The highest BCUT2D eigenvalue weighted by Crippen LogP contribution is 2.71. The molecule has 8 heteroatoms. The van der Waals surface area contributed by atoms with E-state index in [2.05, 4.69) is 279 Å². The molecule has 1 spiro atoms. The van der Waals surface area contributed by atoms with Gasteiger partial charge in [0.05, 0.1) is 0 Å². The molecule has 0 N–H and O–H groups in total. The molecule has 0 radical (unpaired) electrons. The Morgan fingerprint density at radius 3 is 1.00 bits per heavy atom. The molecule has 6 nitrogen and oxygen atoms in total. The number of hydrogen-bond acceptors (Lipinski definition) is 8. The minimum atomic E-state index is -0.0653. The summed E-state index contributed by atoms with van der Waals surface area (Å²) in [7, 11) is 0. The van der Waals surface area contributed by atoms with Gasteiger partial charge in [-0.25, -0.2) is 29.9 Å². The number of hydrogen-bond donors (Lipinski definition) is 0. The number of rotatable bonds is 11. The van der Waals surface area contributed by atoms with Crippen LogP contribution in [0, 0.1) is 23.7 Å². The Kier molecular flexibility index (Phi) is 13.8. The minimum Gasteiger partial charge on any atom is -0.208 e. The summed E-state index contributed by atoms with van der Waals surface area (Å²) in [6, 6.07) is 110. The molecule has 4 aromatic heterocycles. The third kappa shape index (κ3) is 9.49. The second kappa shape index (κ2) is 23.7. The fourth-order valence-electron chi connectivity index (χ4n) is 18.7. The Hall–Kier alpha value is -11.7. The smallest absolute Gasteiger partial charge is 0.165 e. The summed E-state index contributed by atoms with van der Waals surface area (Å²) in [6.07, 6.45) is 6.62. The Morgan fingerprint density at radius 1 is 0.225 bits per heavy atom. The van der Waals surface area contributed by atoms with Crippen LogP contribution in [0.15, 0.2) is 303 Å².